The van der Waals surface area contributed by atoms with Crippen LogP contribution in [-0.4, -0.2) is 65.6 Å². The number of benzene rings is 1. The van der Waals surface area contributed by atoms with Crippen LogP contribution in [-0.2, 0) is 36.0 Å². The molecule has 0 spiro atoms. The van der Waals surface area contributed by atoms with Crippen LogP contribution in [0.3, 0.4) is 0 Å². The van der Waals surface area contributed by atoms with Gasteiger partial charge in [0.2, 0.25) is 15.9 Å². The van der Waals surface area contributed by atoms with Gasteiger partial charge in [0.05, 0.1) is 25.4 Å². The molecule has 1 aromatic heterocycles. The van der Waals surface area contributed by atoms with Gasteiger partial charge < -0.3 is 10.1 Å². The van der Waals surface area contributed by atoms with E-state index in [1.165, 1.54) is 10.4 Å². The van der Waals surface area contributed by atoms with Gasteiger partial charge >= 0.3 is 0 Å². The van der Waals surface area contributed by atoms with Crippen molar-refractivity contribution in [3.63, 3.8) is 0 Å². The molecule has 1 amide bonds. The third-order valence-corrected chi connectivity index (χ3v) is 9.03. The molecule has 9 nitrogen and oxygen atoms in total. The third kappa shape index (κ3) is 6.25. The van der Waals surface area contributed by atoms with E-state index in [-0.39, 0.29) is 28.8 Å². The molecule has 1 aromatic carbocycles. The van der Waals surface area contributed by atoms with Crippen LogP contribution >= 0.6 is 11.3 Å². The van der Waals surface area contributed by atoms with Crippen molar-refractivity contribution in [2.75, 3.05) is 43.3 Å². The first kappa shape index (κ1) is 22.7. The molecule has 1 aliphatic heterocycles. The zero-order valence-electron chi connectivity index (χ0n) is 16.1. The Bertz CT molecular complexity index is 1050. The van der Waals surface area contributed by atoms with E-state index in [2.05, 4.69) is 10.0 Å². The van der Waals surface area contributed by atoms with Crippen molar-refractivity contribution in [1.82, 2.24) is 9.62 Å². The highest BCUT2D eigenvalue weighted by Gasteiger charge is 2.24. The van der Waals surface area contributed by atoms with Crippen molar-refractivity contribution in [3.05, 3.63) is 47.3 Å². The van der Waals surface area contributed by atoms with Crippen LogP contribution in [0.25, 0.3) is 0 Å². The molecule has 0 saturated carbocycles. The summed E-state index contributed by atoms with van der Waals surface area (Å²) in [5.74, 6) is -0.471. The van der Waals surface area contributed by atoms with E-state index in [9.17, 15) is 21.6 Å². The van der Waals surface area contributed by atoms with E-state index in [0.29, 0.717) is 37.6 Å². The Hall–Kier alpha value is -1.99. The minimum Gasteiger partial charge on any atom is -0.379 e. The van der Waals surface area contributed by atoms with Gasteiger partial charge in [0, 0.05) is 25.3 Å². The lowest BCUT2D eigenvalue weighted by atomic mass is 10.1. The van der Waals surface area contributed by atoms with E-state index >= 15 is 0 Å². The lowest BCUT2D eigenvalue weighted by molar-refractivity contribution is -0.120. The number of ether oxygens (including phenoxy) is 1. The largest absolute Gasteiger partial charge is 0.379 e. The zero-order chi connectivity index (χ0) is 21.6. The lowest BCUT2D eigenvalue weighted by Gasteiger charge is -2.26. The molecule has 0 aliphatic carbocycles. The molecule has 2 aromatic rings. The van der Waals surface area contributed by atoms with Crippen molar-refractivity contribution in [1.29, 1.82) is 0 Å². The molecule has 0 radical (unpaired) electrons. The molecule has 12 heteroatoms. The SMILES string of the molecule is O=C(Cc1ccc(NS(=O)(=O)c2cccs2)cc1)NCCS(=O)(=O)N1CCOCC1. The van der Waals surface area contributed by atoms with E-state index in [4.69, 9.17) is 4.74 Å². The molecular formula is C18H23N3O6S3. The molecule has 2 heterocycles. The molecule has 0 bridgehead atoms. The average molecular weight is 474 g/mol. The number of morpholine rings is 1. The van der Waals surface area contributed by atoms with Crippen LogP contribution in [0.4, 0.5) is 5.69 Å². The maximum Gasteiger partial charge on any atom is 0.271 e. The van der Waals surface area contributed by atoms with Crippen LogP contribution < -0.4 is 10.0 Å². The second-order valence-corrected chi connectivity index (χ2v) is 11.5. The second-order valence-electron chi connectivity index (χ2n) is 6.59. The fraction of sp³-hybridized carbons (Fsp3) is 0.389. The first-order chi connectivity index (χ1) is 14.3. The molecule has 1 aliphatic rings. The monoisotopic (exact) mass is 473 g/mol. The van der Waals surface area contributed by atoms with Crippen molar-refractivity contribution >= 4 is 43.0 Å². The summed E-state index contributed by atoms with van der Waals surface area (Å²) in [7, 11) is -7.04. The summed E-state index contributed by atoms with van der Waals surface area (Å²) in [5, 5.41) is 4.29. The first-order valence-corrected chi connectivity index (χ1v) is 13.2. The minimum absolute atomic E-state index is 0.0250. The van der Waals surface area contributed by atoms with Gasteiger partial charge in [0.15, 0.2) is 0 Å². The molecule has 0 unspecified atom stereocenters. The Balaban J connectivity index is 1.46. The number of anilines is 1. The number of hydrogen-bond acceptors (Lipinski definition) is 7. The standard InChI is InChI=1S/C18H23N3O6S3/c22-17(19-7-13-29(23,24)21-8-10-27-11-9-21)14-15-3-5-16(6-4-15)20-30(25,26)18-2-1-12-28-18/h1-6,12,20H,7-11,13-14H2,(H,19,22). The average Bonchev–Trinajstić information content (AvgIpc) is 3.26. The van der Waals surface area contributed by atoms with Gasteiger partial charge in [-0.2, -0.15) is 4.31 Å². The highest BCUT2D eigenvalue weighted by atomic mass is 32.2. The number of amides is 1. The van der Waals surface area contributed by atoms with Crippen molar-refractivity contribution in [3.8, 4) is 0 Å². The molecule has 0 atom stereocenters. The number of thiophene rings is 1. The summed E-state index contributed by atoms with van der Waals surface area (Å²) in [5.41, 5.74) is 1.08. The topological polar surface area (TPSA) is 122 Å². The predicted molar refractivity (Wildman–Crippen MR) is 114 cm³/mol. The quantitative estimate of drug-likeness (QED) is 0.557. The lowest BCUT2D eigenvalue weighted by Crippen LogP contribution is -2.43. The summed E-state index contributed by atoms with van der Waals surface area (Å²) in [6.45, 7) is 1.45. The predicted octanol–water partition coefficient (Wildman–Crippen LogP) is 0.870. The van der Waals surface area contributed by atoms with Crippen LogP contribution in [0.1, 0.15) is 5.56 Å². The van der Waals surface area contributed by atoms with Gasteiger partial charge in [0.25, 0.3) is 10.0 Å². The summed E-state index contributed by atoms with van der Waals surface area (Å²) in [6, 6.07) is 9.64. The highest BCUT2D eigenvalue weighted by Crippen LogP contribution is 2.20. The van der Waals surface area contributed by atoms with Gasteiger partial charge in [-0.1, -0.05) is 18.2 Å². The van der Waals surface area contributed by atoms with Crippen LogP contribution in [0.2, 0.25) is 0 Å². The molecular weight excluding hydrogens is 450 g/mol. The second kappa shape index (κ2) is 9.88. The van der Waals surface area contributed by atoms with Gasteiger partial charge in [-0.05, 0) is 29.1 Å². The number of sulfonamides is 2. The molecule has 1 saturated heterocycles. The normalized spacial score (nSPS) is 15.6. The molecule has 3 rings (SSSR count). The van der Waals surface area contributed by atoms with Crippen LogP contribution in [0.5, 0.6) is 0 Å². The Kier molecular flexibility index (Phi) is 7.47. The molecule has 30 heavy (non-hydrogen) atoms. The number of rotatable bonds is 9. The van der Waals surface area contributed by atoms with E-state index < -0.39 is 20.0 Å². The van der Waals surface area contributed by atoms with Crippen molar-refractivity contribution in [2.24, 2.45) is 0 Å². The molecule has 164 valence electrons. The van der Waals surface area contributed by atoms with Gasteiger partial charge in [-0.15, -0.1) is 11.3 Å². The Morgan fingerprint density at radius 2 is 1.77 bits per heavy atom. The number of nitrogens with one attached hydrogen (secondary N) is 2. The summed E-state index contributed by atoms with van der Waals surface area (Å²) in [4.78, 5) is 12.1. The summed E-state index contributed by atoms with van der Waals surface area (Å²) >= 11 is 1.12. The highest BCUT2D eigenvalue weighted by molar-refractivity contribution is 7.94. The molecule has 1 fully saturated rings. The Morgan fingerprint density at radius 1 is 1.07 bits per heavy atom. The Morgan fingerprint density at radius 3 is 2.40 bits per heavy atom. The number of carbonyl (C=O) groups is 1. The van der Waals surface area contributed by atoms with E-state index in [1.54, 1.807) is 35.7 Å². The van der Waals surface area contributed by atoms with Crippen molar-refractivity contribution in [2.45, 2.75) is 10.6 Å². The number of hydrogen-bond donors (Lipinski definition) is 2. The summed E-state index contributed by atoms with van der Waals surface area (Å²) in [6.07, 6.45) is 0.0650. The van der Waals surface area contributed by atoms with Gasteiger partial charge in [-0.25, -0.2) is 16.8 Å². The van der Waals surface area contributed by atoms with E-state index in [1.807, 2.05) is 0 Å². The van der Waals surface area contributed by atoms with Gasteiger partial charge in [-0.3, -0.25) is 9.52 Å². The molecule has 2 N–H and O–H groups in total. The summed E-state index contributed by atoms with van der Waals surface area (Å²) < 4.78 is 58.1. The maximum absolute atomic E-state index is 12.2. The van der Waals surface area contributed by atoms with Crippen molar-refractivity contribution < 1.29 is 26.4 Å². The zero-order valence-corrected chi connectivity index (χ0v) is 18.6. The van der Waals surface area contributed by atoms with Crippen LogP contribution in [0, 0.1) is 0 Å². The maximum atomic E-state index is 12.2. The van der Waals surface area contributed by atoms with E-state index in [0.717, 1.165) is 11.3 Å². The fourth-order valence-corrected chi connectivity index (χ4v) is 6.21. The third-order valence-electron chi connectivity index (χ3n) is 4.38. The van der Waals surface area contributed by atoms with Crippen LogP contribution in [0.15, 0.2) is 46.0 Å². The van der Waals surface area contributed by atoms with Gasteiger partial charge in [0.1, 0.15) is 4.21 Å². The Labute approximate surface area is 180 Å². The minimum atomic E-state index is -3.62. The fourth-order valence-electron chi connectivity index (χ4n) is 2.83. The number of nitrogens with zero attached hydrogens (tertiary/aromatic N) is 1. The number of carbonyl (C=O) groups excluding carboxylic acids is 1. The smallest absolute Gasteiger partial charge is 0.271 e. The first-order valence-electron chi connectivity index (χ1n) is 9.24.